The molecule has 0 radical (unpaired) electrons. The van der Waals surface area contributed by atoms with E-state index >= 15 is 0 Å². The predicted octanol–water partition coefficient (Wildman–Crippen LogP) is 4.24. The van der Waals surface area contributed by atoms with Crippen LogP contribution in [0.25, 0.3) is 0 Å². The lowest BCUT2D eigenvalue weighted by atomic mass is 10.1. The minimum Gasteiger partial charge on any atom is -0.491 e. The number of nitro groups is 1. The Hall–Kier alpha value is -4.53. The van der Waals surface area contributed by atoms with E-state index in [0.29, 0.717) is 40.1 Å². The van der Waals surface area contributed by atoms with Crippen molar-refractivity contribution in [1.82, 2.24) is 4.90 Å². The molecular formula is C26H23N3O6. The highest BCUT2D eigenvalue weighted by atomic mass is 16.6. The molecule has 35 heavy (non-hydrogen) atoms. The van der Waals surface area contributed by atoms with Gasteiger partial charge in [0, 0.05) is 30.8 Å². The van der Waals surface area contributed by atoms with Crippen molar-refractivity contribution in [2.45, 2.75) is 13.3 Å². The van der Waals surface area contributed by atoms with Gasteiger partial charge in [0.2, 0.25) is 0 Å². The third kappa shape index (κ3) is 4.61. The molecule has 1 aliphatic heterocycles. The molecule has 0 spiro atoms. The van der Waals surface area contributed by atoms with E-state index in [1.54, 1.807) is 62.5 Å². The maximum atomic E-state index is 13.0. The molecule has 9 heteroatoms. The van der Waals surface area contributed by atoms with Crippen molar-refractivity contribution in [3.8, 4) is 5.75 Å². The van der Waals surface area contributed by atoms with Crippen LogP contribution in [0.1, 0.15) is 43.1 Å². The summed E-state index contributed by atoms with van der Waals surface area (Å²) in [5.41, 5.74) is 2.00. The van der Waals surface area contributed by atoms with Crippen LogP contribution in [0.5, 0.6) is 5.75 Å². The van der Waals surface area contributed by atoms with Crippen molar-refractivity contribution in [2.24, 2.45) is 0 Å². The van der Waals surface area contributed by atoms with Gasteiger partial charge in [0.15, 0.2) is 0 Å². The number of carbonyl (C=O) groups is 3. The SMILES string of the molecule is Cc1cc(C(=O)N(C)c2ccccc2OCCCN2C(=O)c3ccccc3C2=O)ccc1[N+](=O)[O-]. The number of benzene rings is 3. The second kappa shape index (κ2) is 9.76. The minimum atomic E-state index is -0.488. The van der Waals surface area contributed by atoms with Crippen molar-refractivity contribution in [2.75, 3.05) is 25.1 Å². The van der Waals surface area contributed by atoms with Crippen molar-refractivity contribution in [3.63, 3.8) is 0 Å². The van der Waals surface area contributed by atoms with E-state index in [2.05, 4.69) is 0 Å². The fraction of sp³-hybridized carbons (Fsp3) is 0.192. The summed E-state index contributed by atoms with van der Waals surface area (Å²) in [6.07, 6.45) is 0.416. The summed E-state index contributed by atoms with van der Waals surface area (Å²) in [6.45, 7) is 2.02. The van der Waals surface area contributed by atoms with Crippen LogP contribution in [0.15, 0.2) is 66.7 Å². The highest BCUT2D eigenvalue weighted by molar-refractivity contribution is 6.21. The van der Waals surface area contributed by atoms with Crippen LogP contribution < -0.4 is 9.64 Å². The third-order valence-corrected chi connectivity index (χ3v) is 5.83. The minimum absolute atomic E-state index is 0.0500. The van der Waals surface area contributed by atoms with Crippen LogP contribution in [0.4, 0.5) is 11.4 Å². The molecule has 178 valence electrons. The van der Waals surface area contributed by atoms with Crippen LogP contribution in [0, 0.1) is 17.0 Å². The number of nitrogens with zero attached hydrogens (tertiary/aromatic N) is 3. The van der Waals surface area contributed by atoms with E-state index in [-0.39, 0.29) is 36.6 Å². The van der Waals surface area contributed by atoms with E-state index in [4.69, 9.17) is 4.74 Å². The largest absolute Gasteiger partial charge is 0.491 e. The zero-order valence-corrected chi connectivity index (χ0v) is 19.3. The first-order valence-corrected chi connectivity index (χ1v) is 11.0. The number of fused-ring (bicyclic) bond motifs is 1. The van der Waals surface area contributed by atoms with Gasteiger partial charge >= 0.3 is 0 Å². The van der Waals surface area contributed by atoms with Crippen LogP contribution in [0.2, 0.25) is 0 Å². The van der Waals surface area contributed by atoms with Gasteiger partial charge in [0.1, 0.15) is 5.75 Å². The maximum absolute atomic E-state index is 13.0. The second-order valence-corrected chi connectivity index (χ2v) is 8.10. The van der Waals surface area contributed by atoms with E-state index in [9.17, 15) is 24.5 Å². The molecular weight excluding hydrogens is 450 g/mol. The molecule has 0 unspecified atom stereocenters. The highest BCUT2D eigenvalue weighted by Crippen LogP contribution is 2.29. The summed E-state index contributed by atoms with van der Waals surface area (Å²) in [5, 5.41) is 11.1. The zero-order chi connectivity index (χ0) is 25.1. The average molecular weight is 473 g/mol. The first-order valence-electron chi connectivity index (χ1n) is 11.0. The molecule has 0 atom stereocenters. The number of hydrogen-bond donors (Lipinski definition) is 0. The Kier molecular flexibility index (Phi) is 6.59. The molecule has 4 rings (SSSR count). The topological polar surface area (TPSA) is 110 Å². The number of anilines is 1. The summed E-state index contributed by atoms with van der Waals surface area (Å²) in [6, 6.07) is 18.0. The van der Waals surface area contributed by atoms with Gasteiger partial charge in [-0.2, -0.15) is 0 Å². The van der Waals surface area contributed by atoms with E-state index < -0.39 is 4.92 Å². The Morgan fingerprint density at radius 1 is 1.00 bits per heavy atom. The van der Waals surface area contributed by atoms with E-state index in [1.165, 1.54) is 28.0 Å². The molecule has 0 aliphatic carbocycles. The van der Waals surface area contributed by atoms with Crippen molar-refractivity contribution in [1.29, 1.82) is 0 Å². The van der Waals surface area contributed by atoms with Gasteiger partial charge in [0.05, 0.1) is 28.3 Å². The summed E-state index contributed by atoms with van der Waals surface area (Å²) in [4.78, 5) is 51.2. The van der Waals surface area contributed by atoms with E-state index in [0.717, 1.165) is 0 Å². The van der Waals surface area contributed by atoms with Crippen molar-refractivity contribution < 1.29 is 24.0 Å². The van der Waals surface area contributed by atoms with Crippen LogP contribution >= 0.6 is 0 Å². The van der Waals surface area contributed by atoms with Crippen LogP contribution in [-0.4, -0.2) is 47.7 Å². The number of ether oxygens (including phenoxy) is 1. The first-order chi connectivity index (χ1) is 16.8. The van der Waals surface area contributed by atoms with Crippen molar-refractivity contribution >= 4 is 29.1 Å². The number of para-hydroxylation sites is 2. The number of amides is 3. The molecule has 0 saturated carbocycles. The molecule has 0 fully saturated rings. The standard InChI is InChI=1S/C26H23N3O6/c1-17-16-18(12-13-21(17)29(33)34)24(30)27(2)22-10-5-6-11-23(22)35-15-7-14-28-25(31)19-8-3-4-9-20(19)26(28)32/h3-6,8-13,16H,7,14-15H2,1-2H3. The van der Waals surface area contributed by atoms with Gasteiger partial charge in [-0.3, -0.25) is 29.4 Å². The molecule has 1 heterocycles. The number of rotatable bonds is 8. The third-order valence-electron chi connectivity index (χ3n) is 5.83. The predicted molar refractivity (Wildman–Crippen MR) is 129 cm³/mol. The quantitative estimate of drug-likeness (QED) is 0.209. The van der Waals surface area contributed by atoms with Gasteiger partial charge < -0.3 is 9.64 Å². The number of aryl methyl sites for hydroxylation is 1. The lowest BCUT2D eigenvalue weighted by Gasteiger charge is -2.21. The van der Waals surface area contributed by atoms with Gasteiger partial charge in [0.25, 0.3) is 23.4 Å². The number of hydrogen-bond acceptors (Lipinski definition) is 6. The summed E-state index contributed by atoms with van der Waals surface area (Å²) in [5.74, 6) is -0.501. The Morgan fingerprint density at radius 3 is 2.26 bits per heavy atom. The Balaban J connectivity index is 1.40. The molecule has 3 aromatic carbocycles. The molecule has 0 N–H and O–H groups in total. The lowest BCUT2D eigenvalue weighted by Crippen LogP contribution is -2.31. The lowest BCUT2D eigenvalue weighted by molar-refractivity contribution is -0.385. The summed E-state index contributed by atoms with van der Waals surface area (Å²) in [7, 11) is 1.60. The number of carbonyl (C=O) groups excluding carboxylic acids is 3. The van der Waals surface area contributed by atoms with E-state index in [1.807, 2.05) is 0 Å². The van der Waals surface area contributed by atoms with Crippen LogP contribution in [0.3, 0.4) is 0 Å². The summed E-state index contributed by atoms with van der Waals surface area (Å²) < 4.78 is 5.89. The Morgan fingerprint density at radius 2 is 1.63 bits per heavy atom. The molecule has 3 aromatic rings. The monoisotopic (exact) mass is 473 g/mol. The molecule has 0 aromatic heterocycles. The fourth-order valence-corrected chi connectivity index (χ4v) is 4.00. The summed E-state index contributed by atoms with van der Waals surface area (Å²) >= 11 is 0. The molecule has 0 saturated heterocycles. The Labute approximate surface area is 201 Å². The van der Waals surface area contributed by atoms with Gasteiger partial charge in [-0.15, -0.1) is 0 Å². The number of nitro benzene ring substituents is 1. The maximum Gasteiger partial charge on any atom is 0.272 e. The van der Waals surface area contributed by atoms with Gasteiger partial charge in [-0.25, -0.2) is 0 Å². The first kappa shape index (κ1) is 23.6. The second-order valence-electron chi connectivity index (χ2n) is 8.10. The zero-order valence-electron chi connectivity index (χ0n) is 19.3. The van der Waals surface area contributed by atoms with Gasteiger partial charge in [-0.05, 0) is 49.7 Å². The normalized spacial score (nSPS) is 12.5. The molecule has 1 aliphatic rings. The van der Waals surface area contributed by atoms with Gasteiger partial charge in [-0.1, -0.05) is 24.3 Å². The number of imide groups is 1. The smallest absolute Gasteiger partial charge is 0.272 e. The average Bonchev–Trinajstić information content (AvgIpc) is 3.10. The molecule has 0 bridgehead atoms. The Bertz CT molecular complexity index is 1300. The van der Waals surface area contributed by atoms with Crippen LogP contribution in [-0.2, 0) is 0 Å². The molecule has 3 amide bonds. The highest BCUT2D eigenvalue weighted by Gasteiger charge is 2.34. The fourth-order valence-electron chi connectivity index (χ4n) is 4.00. The molecule has 9 nitrogen and oxygen atoms in total. The van der Waals surface area contributed by atoms with Crippen molar-refractivity contribution in [3.05, 3.63) is 99.1 Å².